The number of rotatable bonds is 5. The van der Waals surface area contributed by atoms with Crippen LogP contribution in [0.15, 0.2) is 24.8 Å². The molecule has 3 heterocycles. The lowest BCUT2D eigenvalue weighted by Crippen LogP contribution is -2.37. The van der Waals surface area contributed by atoms with E-state index >= 15 is 0 Å². The van der Waals surface area contributed by atoms with Crippen molar-refractivity contribution >= 4 is 5.82 Å². The quantitative estimate of drug-likeness (QED) is 0.849. The molecule has 1 aliphatic heterocycles. The van der Waals surface area contributed by atoms with Gasteiger partial charge in [0.1, 0.15) is 5.82 Å². The fourth-order valence-corrected chi connectivity index (χ4v) is 3.17. The number of ether oxygens (including phenoxy) is 1. The van der Waals surface area contributed by atoms with Gasteiger partial charge in [0.05, 0.1) is 12.1 Å². The minimum atomic E-state index is 0.0892. The Morgan fingerprint density at radius 2 is 2.04 bits per heavy atom. The molecule has 1 saturated heterocycles. The van der Waals surface area contributed by atoms with Gasteiger partial charge in [0.25, 0.3) is 5.88 Å². The molecule has 0 saturated carbocycles. The summed E-state index contributed by atoms with van der Waals surface area (Å²) < 4.78 is 8.15. The fraction of sp³-hybridized carbons (Fsp3) is 0.588. The van der Waals surface area contributed by atoms with Crippen molar-refractivity contribution in [2.75, 3.05) is 18.0 Å². The van der Waals surface area contributed by atoms with Gasteiger partial charge in [0.15, 0.2) is 5.82 Å². The van der Waals surface area contributed by atoms with E-state index in [0.717, 1.165) is 37.6 Å². The lowest BCUT2D eigenvalue weighted by molar-refractivity contribution is 0.231. The van der Waals surface area contributed by atoms with Crippen molar-refractivity contribution in [3.8, 4) is 5.88 Å². The van der Waals surface area contributed by atoms with E-state index in [-0.39, 0.29) is 6.10 Å². The third-order valence-corrected chi connectivity index (χ3v) is 4.15. The number of hydrogen-bond acceptors (Lipinski definition) is 5. The number of imidazole rings is 1. The average Bonchev–Trinajstić information content (AvgIpc) is 3.03. The second-order valence-electron chi connectivity index (χ2n) is 6.20. The average molecular weight is 315 g/mol. The molecule has 0 N–H and O–H groups in total. The van der Waals surface area contributed by atoms with Crippen molar-refractivity contribution in [2.45, 2.75) is 52.2 Å². The number of aryl methyl sites for hydroxylation is 1. The summed E-state index contributed by atoms with van der Waals surface area (Å²) in [5.41, 5.74) is 0. The maximum atomic E-state index is 5.83. The number of piperidine rings is 1. The molecule has 3 rings (SSSR count). The number of aromatic nitrogens is 4. The highest BCUT2D eigenvalue weighted by Crippen LogP contribution is 2.30. The van der Waals surface area contributed by atoms with Crippen molar-refractivity contribution in [3.05, 3.63) is 30.6 Å². The monoisotopic (exact) mass is 315 g/mol. The molecule has 0 aromatic carbocycles. The van der Waals surface area contributed by atoms with E-state index in [1.807, 2.05) is 20.0 Å². The maximum Gasteiger partial charge on any atom is 0.257 e. The first-order valence-corrected chi connectivity index (χ1v) is 8.43. The molecular formula is C17H25N5O. The van der Waals surface area contributed by atoms with E-state index in [9.17, 15) is 0 Å². The second-order valence-corrected chi connectivity index (χ2v) is 6.20. The Balaban J connectivity index is 1.82. The number of hydrogen-bond donors (Lipinski definition) is 0. The van der Waals surface area contributed by atoms with Crippen LogP contribution in [0.4, 0.5) is 5.82 Å². The Hall–Kier alpha value is -2.11. The summed E-state index contributed by atoms with van der Waals surface area (Å²) >= 11 is 0. The van der Waals surface area contributed by atoms with Gasteiger partial charge < -0.3 is 14.2 Å². The van der Waals surface area contributed by atoms with E-state index < -0.39 is 0 Å². The molecule has 1 atom stereocenters. The molecule has 0 amide bonds. The summed E-state index contributed by atoms with van der Waals surface area (Å²) in [6, 6.07) is 0.426. The molecule has 23 heavy (non-hydrogen) atoms. The Bertz CT molecular complexity index is 639. The standard InChI is InChI=1S/C17H25N5O/c1-4-15-18-9-11-22(15)14-6-5-10-21(12-14)16-17(23-13(2)3)20-8-7-19-16/h7-9,11,13-14H,4-6,10,12H2,1-3H3. The predicted octanol–water partition coefficient (Wildman–Crippen LogP) is 2.86. The van der Waals surface area contributed by atoms with Crippen LogP contribution in [0.2, 0.25) is 0 Å². The van der Waals surface area contributed by atoms with E-state index in [0.29, 0.717) is 11.9 Å². The van der Waals surface area contributed by atoms with Crippen LogP contribution in [-0.4, -0.2) is 38.7 Å². The normalized spacial score (nSPS) is 18.4. The third kappa shape index (κ3) is 3.46. The Labute approximate surface area is 137 Å². The van der Waals surface area contributed by atoms with Gasteiger partial charge in [-0.2, -0.15) is 0 Å². The summed E-state index contributed by atoms with van der Waals surface area (Å²) in [4.78, 5) is 15.6. The fourth-order valence-electron chi connectivity index (χ4n) is 3.17. The van der Waals surface area contributed by atoms with Crippen LogP contribution in [-0.2, 0) is 6.42 Å². The van der Waals surface area contributed by atoms with E-state index in [1.165, 1.54) is 6.42 Å². The molecule has 0 bridgehead atoms. The Morgan fingerprint density at radius 1 is 1.22 bits per heavy atom. The van der Waals surface area contributed by atoms with Crippen molar-refractivity contribution in [2.24, 2.45) is 0 Å². The van der Waals surface area contributed by atoms with Crippen LogP contribution in [0.5, 0.6) is 5.88 Å². The van der Waals surface area contributed by atoms with Crippen LogP contribution in [0.3, 0.4) is 0 Å². The Kier molecular flexibility index (Phi) is 4.79. The smallest absolute Gasteiger partial charge is 0.257 e. The largest absolute Gasteiger partial charge is 0.472 e. The minimum absolute atomic E-state index is 0.0892. The molecule has 0 aliphatic carbocycles. The predicted molar refractivity (Wildman–Crippen MR) is 89.9 cm³/mol. The van der Waals surface area contributed by atoms with Crippen LogP contribution in [0, 0.1) is 0 Å². The number of anilines is 1. The molecular weight excluding hydrogens is 290 g/mol. The molecule has 1 unspecified atom stereocenters. The van der Waals surface area contributed by atoms with Crippen LogP contribution in [0.25, 0.3) is 0 Å². The lowest BCUT2D eigenvalue weighted by Gasteiger charge is -2.35. The van der Waals surface area contributed by atoms with Crippen LogP contribution in [0.1, 0.15) is 45.5 Å². The van der Waals surface area contributed by atoms with Gasteiger partial charge in [-0.3, -0.25) is 0 Å². The summed E-state index contributed by atoms with van der Waals surface area (Å²) in [5, 5.41) is 0. The van der Waals surface area contributed by atoms with Gasteiger partial charge in [-0.15, -0.1) is 0 Å². The maximum absolute atomic E-state index is 5.83. The first kappa shape index (κ1) is 15.8. The van der Waals surface area contributed by atoms with Crippen LogP contribution < -0.4 is 9.64 Å². The van der Waals surface area contributed by atoms with Crippen molar-refractivity contribution < 1.29 is 4.74 Å². The topological polar surface area (TPSA) is 56.1 Å². The first-order valence-electron chi connectivity index (χ1n) is 8.43. The Morgan fingerprint density at radius 3 is 2.83 bits per heavy atom. The van der Waals surface area contributed by atoms with Gasteiger partial charge in [-0.1, -0.05) is 6.92 Å². The second kappa shape index (κ2) is 6.98. The number of nitrogens with zero attached hydrogens (tertiary/aromatic N) is 5. The van der Waals surface area contributed by atoms with Gasteiger partial charge in [0.2, 0.25) is 0 Å². The molecule has 1 aliphatic rings. The highest BCUT2D eigenvalue weighted by Gasteiger charge is 2.26. The summed E-state index contributed by atoms with van der Waals surface area (Å²) in [5.74, 6) is 2.63. The molecule has 2 aromatic heterocycles. The van der Waals surface area contributed by atoms with Gasteiger partial charge in [-0.05, 0) is 26.7 Å². The van der Waals surface area contributed by atoms with Gasteiger partial charge in [-0.25, -0.2) is 15.0 Å². The summed E-state index contributed by atoms with van der Waals surface area (Å²) in [6.07, 6.45) is 10.8. The van der Waals surface area contributed by atoms with E-state index in [4.69, 9.17) is 4.74 Å². The van der Waals surface area contributed by atoms with Crippen molar-refractivity contribution in [3.63, 3.8) is 0 Å². The van der Waals surface area contributed by atoms with Gasteiger partial charge >= 0.3 is 0 Å². The molecule has 1 fully saturated rings. The van der Waals surface area contributed by atoms with E-state index in [2.05, 4.69) is 37.5 Å². The van der Waals surface area contributed by atoms with E-state index in [1.54, 1.807) is 12.4 Å². The SMILES string of the molecule is CCc1nccn1C1CCCN(c2nccnc2OC(C)C)C1. The molecule has 0 spiro atoms. The molecule has 2 aromatic rings. The molecule has 6 nitrogen and oxygen atoms in total. The van der Waals surface area contributed by atoms with Crippen molar-refractivity contribution in [1.82, 2.24) is 19.5 Å². The minimum Gasteiger partial charge on any atom is -0.472 e. The molecule has 0 radical (unpaired) electrons. The zero-order chi connectivity index (χ0) is 16.2. The van der Waals surface area contributed by atoms with Crippen molar-refractivity contribution in [1.29, 1.82) is 0 Å². The molecule has 6 heteroatoms. The van der Waals surface area contributed by atoms with Gasteiger partial charge in [0, 0.05) is 44.3 Å². The summed E-state index contributed by atoms with van der Waals surface area (Å²) in [7, 11) is 0. The first-order chi connectivity index (χ1) is 11.2. The third-order valence-electron chi connectivity index (χ3n) is 4.15. The lowest BCUT2D eigenvalue weighted by atomic mass is 10.1. The zero-order valence-corrected chi connectivity index (χ0v) is 14.1. The summed E-state index contributed by atoms with van der Waals surface area (Å²) in [6.45, 7) is 8.07. The highest BCUT2D eigenvalue weighted by atomic mass is 16.5. The van der Waals surface area contributed by atoms with Crippen LogP contribution >= 0.6 is 0 Å². The highest BCUT2D eigenvalue weighted by molar-refractivity contribution is 5.48. The molecule has 124 valence electrons. The zero-order valence-electron chi connectivity index (χ0n) is 14.1.